The summed E-state index contributed by atoms with van der Waals surface area (Å²) in [4.78, 5) is 13.5. The smallest absolute Gasteiger partial charge is 0.226 e. The topological polar surface area (TPSA) is 73.6 Å². The van der Waals surface area contributed by atoms with Gasteiger partial charge in [0.15, 0.2) is 0 Å². The van der Waals surface area contributed by atoms with E-state index in [2.05, 4.69) is 45.1 Å². The number of nitrogens with two attached hydrogens (primary N) is 1. The van der Waals surface area contributed by atoms with Crippen molar-refractivity contribution in [3.05, 3.63) is 41.7 Å². The second-order valence-electron chi connectivity index (χ2n) is 12.0. The van der Waals surface area contributed by atoms with E-state index in [1.54, 1.807) is 0 Å². The molecule has 0 radical (unpaired) electrons. The van der Waals surface area contributed by atoms with Crippen LogP contribution < -0.4 is 15.8 Å². The van der Waals surface area contributed by atoms with E-state index in [9.17, 15) is 9.18 Å². The monoisotopic (exact) mass is 472 g/mol. The number of nitrogens with one attached hydrogen (secondary N) is 1. The molecular weight excluding hydrogens is 431 g/mol. The van der Waals surface area contributed by atoms with Crippen LogP contribution in [-0.4, -0.2) is 36.3 Å². The molecule has 5 nitrogen and oxygen atoms in total. The Bertz CT molecular complexity index is 882. The van der Waals surface area contributed by atoms with Gasteiger partial charge in [0, 0.05) is 23.6 Å². The van der Waals surface area contributed by atoms with Crippen molar-refractivity contribution < 1.29 is 18.7 Å². The number of fused-ring (bicyclic) bond motifs is 3. The molecule has 1 amide bonds. The summed E-state index contributed by atoms with van der Waals surface area (Å²) in [6.07, 6.45) is 8.14. The molecule has 1 aromatic carbocycles. The van der Waals surface area contributed by atoms with Gasteiger partial charge in [0.05, 0.1) is 17.5 Å². The standard InChI is InChI=1S/C28H41FN2O3/c1-25(2)15-22(16-26(3,4)34-25)31-24(32)28-12-9-27(10-13-28,11-14-28)21-5-7-23(8-6-21)33-19-20(17-29)18-30/h5-8,17,22H,9-16,18-19,30H2,1-4H3,(H,31,32)/b20-17+. The minimum Gasteiger partial charge on any atom is -0.489 e. The highest BCUT2D eigenvalue weighted by molar-refractivity contribution is 5.83. The average molecular weight is 473 g/mol. The molecule has 1 heterocycles. The van der Waals surface area contributed by atoms with Crippen LogP contribution in [0.3, 0.4) is 0 Å². The number of halogens is 1. The van der Waals surface area contributed by atoms with Crippen molar-refractivity contribution in [3.63, 3.8) is 0 Å². The molecule has 1 aromatic rings. The fourth-order valence-corrected chi connectivity index (χ4v) is 6.71. The first-order chi connectivity index (χ1) is 16.0. The van der Waals surface area contributed by atoms with E-state index < -0.39 is 0 Å². The molecular formula is C28H41FN2O3. The van der Waals surface area contributed by atoms with Gasteiger partial charge in [0.1, 0.15) is 12.4 Å². The van der Waals surface area contributed by atoms with E-state index in [0.717, 1.165) is 57.1 Å². The van der Waals surface area contributed by atoms with Crippen LogP contribution in [0.4, 0.5) is 4.39 Å². The minimum atomic E-state index is -0.227. The largest absolute Gasteiger partial charge is 0.489 e. The highest BCUT2D eigenvalue weighted by Crippen LogP contribution is 2.58. The van der Waals surface area contributed by atoms with Gasteiger partial charge in [0.2, 0.25) is 5.91 Å². The van der Waals surface area contributed by atoms with Crippen LogP contribution in [0.5, 0.6) is 5.75 Å². The number of amides is 1. The highest BCUT2D eigenvalue weighted by Gasteiger charge is 2.53. The second-order valence-corrected chi connectivity index (χ2v) is 12.0. The van der Waals surface area contributed by atoms with Crippen LogP contribution in [0.1, 0.15) is 84.6 Å². The third-order valence-corrected chi connectivity index (χ3v) is 8.40. The van der Waals surface area contributed by atoms with Crippen molar-refractivity contribution in [2.24, 2.45) is 11.1 Å². The molecule has 3 N–H and O–H groups in total. The molecule has 0 spiro atoms. The minimum absolute atomic E-state index is 0.143. The Labute approximate surface area is 203 Å². The molecule has 4 fully saturated rings. The molecule has 188 valence electrons. The van der Waals surface area contributed by atoms with E-state index in [-0.39, 0.29) is 47.1 Å². The van der Waals surface area contributed by atoms with Gasteiger partial charge in [-0.2, -0.15) is 0 Å². The first-order valence-corrected chi connectivity index (χ1v) is 12.7. The SMILES string of the molecule is CC1(C)CC(NC(=O)C23CCC(c4ccc(OC/C(=C/F)CN)cc4)(CC2)CC3)CC(C)(C)O1. The lowest BCUT2D eigenvalue weighted by Crippen LogP contribution is -2.57. The van der Waals surface area contributed by atoms with E-state index in [1.807, 2.05) is 12.1 Å². The zero-order valence-corrected chi connectivity index (χ0v) is 21.2. The molecule has 3 saturated carbocycles. The number of rotatable bonds is 7. The van der Waals surface area contributed by atoms with Gasteiger partial charge in [0.25, 0.3) is 0 Å². The normalized spacial score (nSPS) is 30.7. The van der Waals surface area contributed by atoms with E-state index in [4.69, 9.17) is 15.2 Å². The summed E-state index contributed by atoms with van der Waals surface area (Å²) in [5, 5.41) is 3.43. The number of hydrogen-bond acceptors (Lipinski definition) is 4. The Kier molecular flexibility index (Phi) is 6.87. The number of carbonyl (C=O) groups is 1. The van der Waals surface area contributed by atoms with Gasteiger partial charge >= 0.3 is 0 Å². The Morgan fingerprint density at radius 3 is 2.12 bits per heavy atom. The quantitative estimate of drug-likeness (QED) is 0.563. The molecule has 0 atom stereocenters. The molecule has 6 heteroatoms. The molecule has 5 rings (SSSR count). The molecule has 3 aliphatic carbocycles. The summed E-state index contributed by atoms with van der Waals surface area (Å²) in [7, 11) is 0. The molecule has 1 saturated heterocycles. The highest BCUT2D eigenvalue weighted by atomic mass is 19.1. The van der Waals surface area contributed by atoms with Gasteiger partial charge in [-0.1, -0.05) is 12.1 Å². The van der Waals surface area contributed by atoms with Gasteiger partial charge in [-0.15, -0.1) is 0 Å². The van der Waals surface area contributed by atoms with Crippen molar-refractivity contribution >= 4 is 5.91 Å². The predicted octanol–water partition coefficient (Wildman–Crippen LogP) is 5.32. The number of ether oxygens (including phenoxy) is 2. The maximum Gasteiger partial charge on any atom is 0.226 e. The van der Waals surface area contributed by atoms with Crippen molar-refractivity contribution in [2.45, 2.75) is 102 Å². The summed E-state index contributed by atoms with van der Waals surface area (Å²) in [6.45, 7) is 8.78. The van der Waals surface area contributed by atoms with Crippen LogP contribution in [0, 0.1) is 5.41 Å². The summed E-state index contributed by atoms with van der Waals surface area (Å²) in [5.41, 5.74) is 6.71. The summed E-state index contributed by atoms with van der Waals surface area (Å²) in [5.74, 6) is 0.968. The molecule has 1 aliphatic heterocycles. The molecule has 0 unspecified atom stereocenters. The first kappa shape index (κ1) is 25.2. The summed E-state index contributed by atoms with van der Waals surface area (Å²) < 4.78 is 24.6. The van der Waals surface area contributed by atoms with E-state index >= 15 is 0 Å². The summed E-state index contributed by atoms with van der Waals surface area (Å²) >= 11 is 0. The van der Waals surface area contributed by atoms with Crippen LogP contribution in [0.15, 0.2) is 36.2 Å². The lowest BCUT2D eigenvalue weighted by molar-refractivity contribution is -0.168. The number of benzene rings is 1. The van der Waals surface area contributed by atoms with Crippen molar-refractivity contribution in [1.82, 2.24) is 5.32 Å². The Balaban J connectivity index is 1.37. The fourth-order valence-electron chi connectivity index (χ4n) is 6.71. The van der Waals surface area contributed by atoms with Crippen LogP contribution in [0.2, 0.25) is 0 Å². The maximum absolute atomic E-state index is 13.5. The first-order valence-electron chi connectivity index (χ1n) is 12.7. The Morgan fingerprint density at radius 2 is 1.62 bits per heavy atom. The van der Waals surface area contributed by atoms with Gasteiger partial charge in [-0.3, -0.25) is 4.79 Å². The fraction of sp³-hybridized carbons (Fsp3) is 0.679. The van der Waals surface area contributed by atoms with Crippen molar-refractivity contribution in [2.75, 3.05) is 13.2 Å². The van der Waals surface area contributed by atoms with Crippen LogP contribution in [0.25, 0.3) is 0 Å². The Morgan fingerprint density at radius 1 is 1.06 bits per heavy atom. The van der Waals surface area contributed by atoms with E-state index in [1.165, 1.54) is 5.56 Å². The average Bonchev–Trinajstić information content (AvgIpc) is 2.79. The molecule has 34 heavy (non-hydrogen) atoms. The van der Waals surface area contributed by atoms with Crippen LogP contribution >= 0.6 is 0 Å². The van der Waals surface area contributed by atoms with Gasteiger partial charge in [-0.05, 0) is 102 Å². The lowest BCUT2D eigenvalue weighted by atomic mass is 9.51. The third kappa shape index (κ3) is 5.18. The predicted molar refractivity (Wildman–Crippen MR) is 132 cm³/mol. The molecule has 4 aliphatic rings. The number of carbonyl (C=O) groups excluding carboxylic acids is 1. The van der Waals surface area contributed by atoms with Crippen molar-refractivity contribution in [1.29, 1.82) is 0 Å². The van der Waals surface area contributed by atoms with Crippen LogP contribution in [-0.2, 0) is 14.9 Å². The maximum atomic E-state index is 13.5. The molecule has 2 bridgehead atoms. The second kappa shape index (κ2) is 9.27. The van der Waals surface area contributed by atoms with Gasteiger partial charge in [-0.25, -0.2) is 4.39 Å². The van der Waals surface area contributed by atoms with E-state index in [0.29, 0.717) is 11.9 Å². The molecule has 0 aromatic heterocycles. The Hall–Kier alpha value is -1.92. The third-order valence-electron chi connectivity index (χ3n) is 8.40. The summed E-state index contributed by atoms with van der Waals surface area (Å²) in [6, 6.07) is 8.37. The van der Waals surface area contributed by atoms with Crippen molar-refractivity contribution in [3.8, 4) is 5.75 Å². The lowest BCUT2D eigenvalue weighted by Gasteiger charge is -2.53. The number of hydrogen-bond donors (Lipinski definition) is 2. The van der Waals surface area contributed by atoms with Gasteiger partial charge < -0.3 is 20.5 Å². The zero-order valence-electron chi connectivity index (χ0n) is 21.2. The zero-order chi connectivity index (χ0) is 24.6.